The Morgan fingerprint density at radius 1 is 1.15 bits per heavy atom. The molecular weight excluding hydrogens is 511 g/mol. The van der Waals surface area contributed by atoms with Crippen LogP contribution >= 0.6 is 34.8 Å². The minimum Gasteiger partial charge on any atom is -0.456 e. The Balaban J connectivity index is 1.80. The van der Waals surface area contributed by atoms with E-state index in [1.165, 1.54) is 40.7 Å². The Hall–Kier alpha value is -2.22. The number of urea groups is 1. The van der Waals surface area contributed by atoms with Crippen molar-refractivity contribution in [3.05, 3.63) is 52.0 Å². The molecule has 0 aliphatic carbocycles. The molecule has 2 amide bonds. The molecule has 0 atom stereocenters. The van der Waals surface area contributed by atoms with Crippen LogP contribution in [-0.4, -0.2) is 50.3 Å². The zero-order valence-electron chi connectivity index (χ0n) is 17.4. The van der Waals surface area contributed by atoms with E-state index in [1.54, 1.807) is 0 Å². The van der Waals surface area contributed by atoms with Crippen molar-refractivity contribution in [1.82, 2.24) is 14.9 Å². The van der Waals surface area contributed by atoms with Gasteiger partial charge in [-0.1, -0.05) is 23.2 Å². The number of benzene rings is 2. The SMILES string of the molecule is N#Cc1ccc(Oc2cc(Cl)cc(Cl)c2)c(S(=O)(=O)N2CCC(NC(=O)NCCCl)CC2)c1. The van der Waals surface area contributed by atoms with E-state index in [1.807, 2.05) is 6.07 Å². The second-order valence-corrected chi connectivity index (χ2v) is 10.4. The molecule has 0 unspecified atom stereocenters. The first kappa shape index (κ1) is 25.4. The molecule has 33 heavy (non-hydrogen) atoms. The van der Waals surface area contributed by atoms with Gasteiger partial charge in [-0.2, -0.15) is 9.57 Å². The van der Waals surface area contributed by atoms with Crippen LogP contribution in [0.1, 0.15) is 18.4 Å². The van der Waals surface area contributed by atoms with Gasteiger partial charge in [-0.3, -0.25) is 0 Å². The quantitative estimate of drug-likeness (QED) is 0.516. The molecule has 0 radical (unpaired) electrons. The van der Waals surface area contributed by atoms with Crippen LogP contribution in [0.25, 0.3) is 0 Å². The van der Waals surface area contributed by atoms with E-state index < -0.39 is 10.0 Å². The number of ether oxygens (including phenoxy) is 1. The lowest BCUT2D eigenvalue weighted by Gasteiger charge is -2.32. The Bertz CT molecular complexity index is 1140. The molecule has 1 fully saturated rings. The number of rotatable bonds is 7. The molecule has 0 saturated carbocycles. The summed E-state index contributed by atoms with van der Waals surface area (Å²) in [5.74, 6) is 0.616. The van der Waals surface area contributed by atoms with Gasteiger partial charge in [-0.15, -0.1) is 11.6 Å². The first-order valence-corrected chi connectivity index (χ1v) is 12.7. The highest BCUT2D eigenvalue weighted by Gasteiger charge is 2.32. The number of amides is 2. The topological polar surface area (TPSA) is 112 Å². The van der Waals surface area contributed by atoms with E-state index in [0.717, 1.165) is 0 Å². The number of sulfonamides is 1. The minimum absolute atomic E-state index is 0.0491. The fraction of sp³-hybridized carbons (Fsp3) is 0.333. The number of alkyl halides is 1. The summed E-state index contributed by atoms with van der Waals surface area (Å²) in [7, 11) is -3.99. The molecule has 0 aromatic heterocycles. The molecule has 176 valence electrons. The molecule has 8 nitrogen and oxygen atoms in total. The molecular formula is C21H21Cl3N4O4S. The number of hydrogen-bond donors (Lipinski definition) is 2. The van der Waals surface area contributed by atoms with E-state index in [4.69, 9.17) is 39.5 Å². The summed E-state index contributed by atoms with van der Waals surface area (Å²) in [5.41, 5.74) is 0.178. The van der Waals surface area contributed by atoms with Crippen molar-refractivity contribution in [3.8, 4) is 17.6 Å². The van der Waals surface area contributed by atoms with Crippen LogP contribution in [0.15, 0.2) is 41.3 Å². The second kappa shape index (κ2) is 11.3. The molecule has 1 saturated heterocycles. The van der Waals surface area contributed by atoms with Gasteiger partial charge in [0, 0.05) is 41.6 Å². The lowest BCUT2D eigenvalue weighted by Crippen LogP contribution is -2.49. The Morgan fingerprint density at radius 2 is 1.82 bits per heavy atom. The predicted octanol–water partition coefficient (Wildman–Crippen LogP) is 4.35. The van der Waals surface area contributed by atoms with E-state index in [9.17, 15) is 18.5 Å². The molecule has 3 rings (SSSR count). The van der Waals surface area contributed by atoms with Crippen LogP contribution in [0, 0.1) is 11.3 Å². The van der Waals surface area contributed by atoms with Gasteiger partial charge in [0.1, 0.15) is 16.4 Å². The van der Waals surface area contributed by atoms with Gasteiger partial charge in [0.15, 0.2) is 0 Å². The van der Waals surface area contributed by atoms with Crippen molar-refractivity contribution in [3.63, 3.8) is 0 Å². The summed E-state index contributed by atoms with van der Waals surface area (Å²) in [6, 6.07) is 10.2. The number of carbonyl (C=O) groups excluding carboxylic acids is 1. The normalized spacial score (nSPS) is 15.0. The van der Waals surface area contributed by atoms with E-state index >= 15 is 0 Å². The highest BCUT2D eigenvalue weighted by atomic mass is 35.5. The molecule has 2 aromatic rings. The van der Waals surface area contributed by atoms with Crippen molar-refractivity contribution in [2.75, 3.05) is 25.5 Å². The number of hydrogen-bond acceptors (Lipinski definition) is 5. The van der Waals surface area contributed by atoms with Gasteiger partial charge in [0.2, 0.25) is 10.0 Å². The molecule has 1 aliphatic heterocycles. The lowest BCUT2D eigenvalue weighted by atomic mass is 10.1. The highest BCUT2D eigenvalue weighted by Crippen LogP contribution is 2.35. The summed E-state index contributed by atoms with van der Waals surface area (Å²) in [4.78, 5) is 11.7. The summed E-state index contributed by atoms with van der Waals surface area (Å²) >= 11 is 17.6. The standard InChI is InChI=1S/C21H21Cl3N4O4S/c22-5-6-26-21(29)27-17-3-7-28(8-4-17)33(30,31)20-9-14(13-25)1-2-19(20)32-18-11-15(23)10-16(24)12-18/h1-2,9-12,17H,3-8H2,(H2,26,27,29). The molecule has 1 aliphatic rings. The molecule has 1 heterocycles. The molecule has 2 N–H and O–H groups in total. The van der Waals surface area contributed by atoms with E-state index in [2.05, 4.69) is 10.6 Å². The Kier molecular flexibility index (Phi) is 8.68. The van der Waals surface area contributed by atoms with Crippen molar-refractivity contribution in [2.45, 2.75) is 23.8 Å². The third kappa shape index (κ3) is 6.65. The van der Waals surface area contributed by atoms with Gasteiger partial charge in [-0.05, 0) is 49.2 Å². The second-order valence-electron chi connectivity index (χ2n) is 7.25. The van der Waals surface area contributed by atoms with Gasteiger partial charge in [0.05, 0.1) is 11.6 Å². The number of nitrogens with zero attached hydrogens (tertiary/aromatic N) is 2. The maximum atomic E-state index is 13.4. The van der Waals surface area contributed by atoms with Gasteiger partial charge >= 0.3 is 6.03 Å². The van der Waals surface area contributed by atoms with E-state index in [-0.39, 0.29) is 47.1 Å². The smallest absolute Gasteiger partial charge is 0.315 e. The summed E-state index contributed by atoms with van der Waals surface area (Å²) in [5, 5.41) is 15.4. The molecule has 0 bridgehead atoms. The van der Waals surface area contributed by atoms with Crippen LogP contribution in [0.2, 0.25) is 10.0 Å². The summed E-state index contributed by atoms with van der Waals surface area (Å²) in [6.07, 6.45) is 0.872. The maximum absolute atomic E-state index is 13.4. The summed E-state index contributed by atoms with van der Waals surface area (Å²) < 4.78 is 34.0. The van der Waals surface area contributed by atoms with E-state index in [0.29, 0.717) is 35.3 Å². The average Bonchev–Trinajstić information content (AvgIpc) is 2.77. The minimum atomic E-state index is -3.99. The third-order valence-electron chi connectivity index (χ3n) is 4.92. The van der Waals surface area contributed by atoms with Crippen LogP contribution in [0.3, 0.4) is 0 Å². The van der Waals surface area contributed by atoms with Crippen LogP contribution < -0.4 is 15.4 Å². The average molecular weight is 532 g/mol. The zero-order chi connectivity index (χ0) is 24.0. The fourth-order valence-corrected chi connectivity index (χ4v) is 5.56. The maximum Gasteiger partial charge on any atom is 0.315 e. The lowest BCUT2D eigenvalue weighted by molar-refractivity contribution is 0.228. The highest BCUT2D eigenvalue weighted by molar-refractivity contribution is 7.89. The van der Waals surface area contributed by atoms with Gasteiger partial charge in [-0.25, -0.2) is 13.2 Å². The third-order valence-corrected chi connectivity index (χ3v) is 7.47. The Labute approximate surface area is 207 Å². The molecule has 12 heteroatoms. The summed E-state index contributed by atoms with van der Waals surface area (Å²) in [6.45, 7) is 0.737. The molecule has 0 spiro atoms. The Morgan fingerprint density at radius 3 is 2.42 bits per heavy atom. The van der Waals surface area contributed by atoms with Crippen molar-refractivity contribution in [2.24, 2.45) is 0 Å². The number of halogens is 3. The van der Waals surface area contributed by atoms with Gasteiger partial charge < -0.3 is 15.4 Å². The predicted molar refractivity (Wildman–Crippen MR) is 127 cm³/mol. The van der Waals surface area contributed by atoms with Crippen LogP contribution in [-0.2, 0) is 10.0 Å². The molecule has 2 aromatic carbocycles. The number of nitriles is 1. The number of nitrogens with one attached hydrogen (secondary N) is 2. The number of piperidine rings is 1. The van der Waals surface area contributed by atoms with Crippen molar-refractivity contribution < 1.29 is 17.9 Å². The largest absolute Gasteiger partial charge is 0.456 e. The number of carbonyl (C=O) groups is 1. The first-order valence-electron chi connectivity index (χ1n) is 10.0. The zero-order valence-corrected chi connectivity index (χ0v) is 20.4. The van der Waals surface area contributed by atoms with Crippen LogP contribution in [0.4, 0.5) is 4.79 Å². The fourth-order valence-electron chi connectivity index (χ4n) is 3.35. The van der Waals surface area contributed by atoms with Gasteiger partial charge in [0.25, 0.3) is 0 Å². The monoisotopic (exact) mass is 530 g/mol. The van der Waals surface area contributed by atoms with Crippen LogP contribution in [0.5, 0.6) is 11.5 Å². The van der Waals surface area contributed by atoms with Crippen molar-refractivity contribution in [1.29, 1.82) is 5.26 Å². The first-order chi connectivity index (χ1) is 15.7. The van der Waals surface area contributed by atoms with Crippen molar-refractivity contribution >= 4 is 50.9 Å².